The molecule has 2 heterocycles. The van der Waals surface area contributed by atoms with E-state index in [1.165, 1.54) is 95.7 Å². The molecule has 34 heavy (non-hydrogen) atoms. The summed E-state index contributed by atoms with van der Waals surface area (Å²) in [4.78, 5) is 0. The Labute approximate surface area is 201 Å². The molecule has 2 fully saturated rings. The van der Waals surface area contributed by atoms with Crippen LogP contribution >= 0.6 is 0 Å². The number of nitrogens with zero attached hydrogens (tertiary/aromatic N) is 2. The van der Waals surface area contributed by atoms with E-state index < -0.39 is 0 Å². The van der Waals surface area contributed by atoms with Gasteiger partial charge in [0.15, 0.2) is 0 Å². The van der Waals surface area contributed by atoms with E-state index >= 15 is 0 Å². The molecular weight excluding hydrogens is 412 g/mol. The van der Waals surface area contributed by atoms with Crippen LogP contribution in [0.5, 0.6) is 0 Å². The zero-order valence-corrected chi connectivity index (χ0v) is 19.8. The minimum atomic E-state index is 0.705. The highest BCUT2D eigenvalue weighted by Gasteiger charge is 2.23. The van der Waals surface area contributed by atoms with Crippen molar-refractivity contribution in [3.05, 3.63) is 96.3 Å². The van der Waals surface area contributed by atoms with Crippen LogP contribution in [0, 0.1) is 0 Å². The van der Waals surface area contributed by atoms with Crippen LogP contribution in [-0.4, -0.2) is 9.13 Å². The van der Waals surface area contributed by atoms with E-state index in [9.17, 15) is 0 Å². The lowest BCUT2D eigenvalue weighted by molar-refractivity contribution is 0.727. The average molecular weight is 445 g/mol. The molecule has 0 amide bonds. The van der Waals surface area contributed by atoms with Gasteiger partial charge in [-0.25, -0.2) is 0 Å². The number of hydrogen-bond donors (Lipinski definition) is 0. The van der Waals surface area contributed by atoms with Crippen molar-refractivity contribution in [2.75, 3.05) is 0 Å². The largest absolute Gasteiger partial charge is 0.316 e. The van der Waals surface area contributed by atoms with Gasteiger partial charge in [0.2, 0.25) is 0 Å². The van der Waals surface area contributed by atoms with Crippen molar-refractivity contribution in [3.63, 3.8) is 0 Å². The Morgan fingerprint density at radius 2 is 0.941 bits per heavy atom. The molecule has 0 unspecified atom stereocenters. The SMILES string of the molecule is c1cc(-n2cc(C3CCCC3)c3ccccc32)cc(-n2cc(C3CCCC3)c3ccccc32)c1. The van der Waals surface area contributed by atoms with Gasteiger partial charge in [-0.3, -0.25) is 0 Å². The van der Waals surface area contributed by atoms with Gasteiger partial charge in [-0.05, 0) is 79.0 Å². The number of rotatable bonds is 4. The van der Waals surface area contributed by atoms with Crippen LogP contribution in [0.4, 0.5) is 0 Å². The van der Waals surface area contributed by atoms with Crippen LogP contribution < -0.4 is 0 Å². The van der Waals surface area contributed by atoms with Crippen molar-refractivity contribution < 1.29 is 0 Å². The third-order valence-electron chi connectivity index (χ3n) is 8.46. The van der Waals surface area contributed by atoms with E-state index in [1.807, 2.05) is 0 Å². The Kier molecular flexibility index (Phi) is 4.86. The molecule has 0 radical (unpaired) electrons. The van der Waals surface area contributed by atoms with Crippen LogP contribution in [0.15, 0.2) is 85.2 Å². The second kappa shape index (κ2) is 8.20. The van der Waals surface area contributed by atoms with E-state index in [0.29, 0.717) is 11.8 Å². The van der Waals surface area contributed by atoms with Crippen LogP contribution in [0.1, 0.15) is 74.3 Å². The lowest BCUT2D eigenvalue weighted by atomic mass is 9.97. The maximum Gasteiger partial charge on any atom is 0.0531 e. The topological polar surface area (TPSA) is 9.86 Å². The quantitative estimate of drug-likeness (QED) is 0.262. The molecule has 3 aromatic carbocycles. The van der Waals surface area contributed by atoms with Crippen LogP contribution in [0.25, 0.3) is 33.2 Å². The van der Waals surface area contributed by atoms with Gasteiger partial charge in [0, 0.05) is 34.5 Å². The van der Waals surface area contributed by atoms with Crippen molar-refractivity contribution in [3.8, 4) is 11.4 Å². The lowest BCUT2D eigenvalue weighted by Gasteiger charge is -2.11. The minimum absolute atomic E-state index is 0.705. The van der Waals surface area contributed by atoms with E-state index in [-0.39, 0.29) is 0 Å². The molecular formula is C32H32N2. The Bertz CT molecular complexity index is 1360. The number of hydrogen-bond acceptors (Lipinski definition) is 0. The van der Waals surface area contributed by atoms with Crippen molar-refractivity contribution in [2.24, 2.45) is 0 Å². The molecule has 2 aliphatic carbocycles. The number of aromatic nitrogens is 2. The molecule has 2 heteroatoms. The summed E-state index contributed by atoms with van der Waals surface area (Å²) in [7, 11) is 0. The van der Waals surface area contributed by atoms with Crippen LogP contribution in [-0.2, 0) is 0 Å². The molecule has 2 aliphatic rings. The zero-order chi connectivity index (χ0) is 22.5. The van der Waals surface area contributed by atoms with Gasteiger partial charge in [0.1, 0.15) is 0 Å². The molecule has 2 aromatic heterocycles. The van der Waals surface area contributed by atoms with Gasteiger partial charge < -0.3 is 9.13 Å². The van der Waals surface area contributed by atoms with E-state index in [0.717, 1.165) is 0 Å². The molecule has 170 valence electrons. The molecule has 2 saturated carbocycles. The first-order chi connectivity index (χ1) is 16.9. The van der Waals surface area contributed by atoms with Crippen LogP contribution in [0.2, 0.25) is 0 Å². The molecule has 0 bridgehead atoms. The summed E-state index contributed by atoms with van der Waals surface area (Å²) < 4.78 is 4.85. The summed E-state index contributed by atoms with van der Waals surface area (Å²) in [6.45, 7) is 0. The smallest absolute Gasteiger partial charge is 0.0531 e. The Balaban J connectivity index is 1.37. The van der Waals surface area contributed by atoms with Gasteiger partial charge >= 0.3 is 0 Å². The summed E-state index contributed by atoms with van der Waals surface area (Å²) in [5, 5.41) is 2.85. The predicted octanol–water partition coefficient (Wildman–Crippen LogP) is 8.89. The van der Waals surface area contributed by atoms with Crippen molar-refractivity contribution >= 4 is 21.8 Å². The number of para-hydroxylation sites is 2. The third-order valence-corrected chi connectivity index (χ3v) is 8.46. The van der Waals surface area contributed by atoms with Crippen LogP contribution in [0.3, 0.4) is 0 Å². The van der Waals surface area contributed by atoms with Crippen molar-refractivity contribution in [1.82, 2.24) is 9.13 Å². The first kappa shape index (κ1) is 20.1. The van der Waals surface area contributed by atoms with Gasteiger partial charge in [-0.1, -0.05) is 68.1 Å². The molecule has 0 aliphatic heterocycles. The lowest BCUT2D eigenvalue weighted by Crippen LogP contribution is -1.97. The van der Waals surface area contributed by atoms with Gasteiger partial charge in [0.05, 0.1) is 11.0 Å². The van der Waals surface area contributed by atoms with E-state index in [4.69, 9.17) is 0 Å². The van der Waals surface area contributed by atoms with Crippen molar-refractivity contribution in [1.29, 1.82) is 0 Å². The number of benzene rings is 3. The predicted molar refractivity (Wildman–Crippen MR) is 143 cm³/mol. The summed E-state index contributed by atoms with van der Waals surface area (Å²) in [6.07, 6.45) is 15.6. The standard InChI is InChI=1S/C32H32N2/c1-2-11-23(10-1)29-21-33(31-18-7-5-16-27(29)31)25-14-9-15-26(20-25)34-22-30(24-12-3-4-13-24)28-17-6-8-19-32(28)34/h5-9,14-24H,1-4,10-13H2. The molecule has 0 N–H and O–H groups in total. The summed E-state index contributed by atoms with van der Waals surface area (Å²) in [5.74, 6) is 1.41. The minimum Gasteiger partial charge on any atom is -0.316 e. The average Bonchev–Trinajstić information content (AvgIpc) is 3.69. The fourth-order valence-corrected chi connectivity index (χ4v) is 6.76. The second-order valence-electron chi connectivity index (χ2n) is 10.4. The van der Waals surface area contributed by atoms with E-state index in [1.54, 1.807) is 0 Å². The third kappa shape index (κ3) is 3.23. The summed E-state index contributed by atoms with van der Waals surface area (Å²) in [6, 6.07) is 27.0. The van der Waals surface area contributed by atoms with E-state index in [2.05, 4.69) is 94.3 Å². The molecule has 0 spiro atoms. The highest BCUT2D eigenvalue weighted by Crippen LogP contribution is 2.41. The Hall–Kier alpha value is -3.26. The van der Waals surface area contributed by atoms with Gasteiger partial charge in [0.25, 0.3) is 0 Å². The normalized spacial score (nSPS) is 17.4. The highest BCUT2D eigenvalue weighted by atomic mass is 15.0. The summed E-state index contributed by atoms with van der Waals surface area (Å²) >= 11 is 0. The summed E-state index contributed by atoms with van der Waals surface area (Å²) in [5.41, 5.74) is 8.22. The van der Waals surface area contributed by atoms with Crippen molar-refractivity contribution in [2.45, 2.75) is 63.2 Å². The molecule has 7 rings (SSSR count). The maximum absolute atomic E-state index is 2.43. The monoisotopic (exact) mass is 444 g/mol. The fraction of sp³-hybridized carbons (Fsp3) is 0.312. The first-order valence-electron chi connectivity index (χ1n) is 13.2. The first-order valence-corrected chi connectivity index (χ1v) is 13.2. The maximum atomic E-state index is 2.43. The number of fused-ring (bicyclic) bond motifs is 2. The molecule has 0 saturated heterocycles. The molecule has 2 nitrogen and oxygen atoms in total. The Morgan fingerprint density at radius 1 is 0.500 bits per heavy atom. The van der Waals surface area contributed by atoms with Gasteiger partial charge in [-0.15, -0.1) is 0 Å². The molecule has 0 atom stereocenters. The van der Waals surface area contributed by atoms with Gasteiger partial charge in [-0.2, -0.15) is 0 Å². The molecule has 5 aromatic rings. The fourth-order valence-electron chi connectivity index (χ4n) is 6.76. The Morgan fingerprint density at radius 3 is 1.41 bits per heavy atom. The highest BCUT2D eigenvalue weighted by molar-refractivity contribution is 5.88. The zero-order valence-electron chi connectivity index (χ0n) is 19.8. The second-order valence-corrected chi connectivity index (χ2v) is 10.4.